The summed E-state index contributed by atoms with van der Waals surface area (Å²) in [7, 11) is -3.61. The molecule has 1 aromatic carbocycles. The molecular formula is C12H16N4O2S. The van der Waals surface area contributed by atoms with Gasteiger partial charge in [-0.1, -0.05) is 32.9 Å². The van der Waals surface area contributed by atoms with Gasteiger partial charge in [-0.15, -0.1) is 10.2 Å². The van der Waals surface area contributed by atoms with Crippen molar-refractivity contribution >= 4 is 10.0 Å². The highest BCUT2D eigenvalue weighted by atomic mass is 32.2. The highest BCUT2D eigenvalue weighted by molar-refractivity contribution is 7.92. The summed E-state index contributed by atoms with van der Waals surface area (Å²) in [5.74, 6) is 0. The zero-order chi connectivity index (χ0) is 14.1. The normalized spacial score (nSPS) is 12.4. The van der Waals surface area contributed by atoms with Crippen molar-refractivity contribution in [3.63, 3.8) is 0 Å². The van der Waals surface area contributed by atoms with E-state index in [2.05, 4.69) is 35.8 Å². The quantitative estimate of drug-likeness (QED) is 0.924. The summed E-state index contributed by atoms with van der Waals surface area (Å²) in [6, 6.07) is 6.82. The number of aromatic nitrogens is 3. The molecule has 1 aromatic heterocycles. The minimum absolute atomic E-state index is 0.00993. The van der Waals surface area contributed by atoms with Crippen molar-refractivity contribution in [2.24, 2.45) is 0 Å². The van der Waals surface area contributed by atoms with E-state index < -0.39 is 10.0 Å². The number of nitrogens with one attached hydrogen (secondary N) is 1. The lowest BCUT2D eigenvalue weighted by atomic mass is 9.87. The first-order valence-electron chi connectivity index (χ1n) is 5.77. The van der Waals surface area contributed by atoms with Crippen LogP contribution in [-0.2, 0) is 15.4 Å². The van der Waals surface area contributed by atoms with Gasteiger partial charge in [0.25, 0.3) is 10.0 Å². The average Bonchev–Trinajstić information content (AvgIpc) is 2.80. The van der Waals surface area contributed by atoms with Crippen LogP contribution in [0.5, 0.6) is 0 Å². The van der Waals surface area contributed by atoms with Crippen LogP contribution in [0.4, 0.5) is 0 Å². The van der Waals surface area contributed by atoms with Crippen LogP contribution in [0.2, 0.25) is 0 Å². The molecule has 0 spiro atoms. The number of rotatable bonds is 3. The zero-order valence-corrected chi connectivity index (χ0v) is 11.8. The maximum atomic E-state index is 12.1. The summed E-state index contributed by atoms with van der Waals surface area (Å²) < 4.78 is 25.3. The highest BCUT2D eigenvalue weighted by Crippen LogP contribution is 2.23. The number of hydrogen-bond acceptors (Lipinski definition) is 4. The molecule has 19 heavy (non-hydrogen) atoms. The molecule has 0 fully saturated rings. The second kappa shape index (κ2) is 4.65. The van der Waals surface area contributed by atoms with Crippen LogP contribution in [0.1, 0.15) is 26.3 Å². The summed E-state index contributed by atoms with van der Waals surface area (Å²) in [6.07, 6.45) is 2.56. The van der Waals surface area contributed by atoms with Gasteiger partial charge in [0.05, 0.1) is 4.90 Å². The van der Waals surface area contributed by atoms with Gasteiger partial charge < -0.3 is 0 Å². The molecule has 2 rings (SSSR count). The van der Waals surface area contributed by atoms with Crippen molar-refractivity contribution in [1.82, 2.24) is 14.9 Å². The monoisotopic (exact) mass is 280 g/mol. The SMILES string of the molecule is CC(C)(C)c1ccc(S(=O)(=O)Nn2cnnc2)cc1. The summed E-state index contributed by atoms with van der Waals surface area (Å²) in [5, 5.41) is 7.06. The van der Waals surface area contributed by atoms with Crippen LogP contribution >= 0.6 is 0 Å². The predicted octanol–water partition coefficient (Wildman–Crippen LogP) is 1.51. The fourth-order valence-corrected chi connectivity index (χ4v) is 2.55. The standard InChI is InChI=1S/C12H16N4O2S/c1-12(2,3)10-4-6-11(7-5-10)19(17,18)15-16-8-13-14-9-16/h4-9,15H,1-3H3. The molecule has 0 aliphatic carbocycles. The smallest absolute Gasteiger partial charge is 0.221 e. The van der Waals surface area contributed by atoms with Crippen molar-refractivity contribution in [2.75, 3.05) is 4.83 Å². The van der Waals surface area contributed by atoms with Gasteiger partial charge in [-0.2, -0.15) is 8.42 Å². The fourth-order valence-electron chi connectivity index (χ4n) is 1.57. The summed E-state index contributed by atoms with van der Waals surface area (Å²) >= 11 is 0. The Labute approximate surface area is 112 Å². The Morgan fingerprint density at radius 2 is 1.58 bits per heavy atom. The van der Waals surface area contributed by atoms with Crippen LogP contribution in [0.25, 0.3) is 0 Å². The first-order valence-corrected chi connectivity index (χ1v) is 7.25. The number of nitrogens with zero attached hydrogens (tertiary/aromatic N) is 3. The van der Waals surface area contributed by atoms with E-state index in [1.54, 1.807) is 12.1 Å². The third kappa shape index (κ3) is 3.11. The molecule has 0 saturated carbocycles. The molecular weight excluding hydrogens is 264 g/mol. The molecule has 2 aromatic rings. The van der Waals surface area contributed by atoms with Gasteiger partial charge in [0.15, 0.2) is 0 Å². The predicted molar refractivity (Wildman–Crippen MR) is 71.7 cm³/mol. The van der Waals surface area contributed by atoms with E-state index >= 15 is 0 Å². The van der Waals surface area contributed by atoms with Crippen LogP contribution in [0, 0.1) is 0 Å². The Kier molecular flexibility index (Phi) is 3.32. The maximum Gasteiger partial charge on any atom is 0.275 e. The lowest BCUT2D eigenvalue weighted by Crippen LogP contribution is -2.22. The molecule has 1 N–H and O–H groups in total. The van der Waals surface area contributed by atoms with Crippen LogP contribution in [0.15, 0.2) is 41.8 Å². The molecule has 0 bridgehead atoms. The molecule has 102 valence electrons. The first kappa shape index (κ1) is 13.5. The molecule has 7 heteroatoms. The Bertz CT molecular complexity index is 640. The van der Waals surface area contributed by atoms with Crippen molar-refractivity contribution < 1.29 is 8.42 Å². The Morgan fingerprint density at radius 3 is 2.05 bits per heavy atom. The summed E-state index contributed by atoms with van der Waals surface area (Å²) in [6.45, 7) is 6.23. The van der Waals surface area contributed by atoms with Gasteiger partial charge in [-0.05, 0) is 23.1 Å². The average molecular weight is 280 g/mol. The van der Waals surface area contributed by atoms with Gasteiger partial charge in [0, 0.05) is 0 Å². The number of hydrogen-bond donors (Lipinski definition) is 1. The fraction of sp³-hybridized carbons (Fsp3) is 0.333. The van der Waals surface area contributed by atoms with Gasteiger partial charge >= 0.3 is 0 Å². The third-order valence-electron chi connectivity index (χ3n) is 2.67. The van der Waals surface area contributed by atoms with E-state index in [-0.39, 0.29) is 10.3 Å². The minimum Gasteiger partial charge on any atom is -0.221 e. The summed E-state index contributed by atoms with van der Waals surface area (Å²) in [4.78, 5) is 2.54. The Morgan fingerprint density at radius 1 is 1.05 bits per heavy atom. The van der Waals surface area contributed by atoms with Gasteiger partial charge in [-0.3, -0.25) is 0 Å². The van der Waals surface area contributed by atoms with Crippen molar-refractivity contribution in [1.29, 1.82) is 0 Å². The van der Waals surface area contributed by atoms with E-state index in [9.17, 15) is 8.42 Å². The molecule has 1 heterocycles. The van der Waals surface area contributed by atoms with Gasteiger partial charge in [-0.25, -0.2) is 9.51 Å². The number of sulfonamides is 1. The second-order valence-corrected chi connectivity index (χ2v) is 6.90. The van der Waals surface area contributed by atoms with E-state index in [1.807, 2.05) is 12.1 Å². The third-order valence-corrected chi connectivity index (χ3v) is 4.02. The van der Waals surface area contributed by atoms with E-state index in [0.29, 0.717) is 0 Å². The van der Waals surface area contributed by atoms with Crippen LogP contribution in [0.3, 0.4) is 0 Å². The zero-order valence-electron chi connectivity index (χ0n) is 11.0. The minimum atomic E-state index is -3.61. The topological polar surface area (TPSA) is 76.9 Å². The molecule has 0 atom stereocenters. The van der Waals surface area contributed by atoms with Crippen molar-refractivity contribution in [3.8, 4) is 0 Å². The van der Waals surface area contributed by atoms with E-state index in [1.165, 1.54) is 17.3 Å². The lowest BCUT2D eigenvalue weighted by molar-refractivity contribution is 0.586. The largest absolute Gasteiger partial charge is 0.275 e. The van der Waals surface area contributed by atoms with Gasteiger partial charge in [0.1, 0.15) is 12.7 Å². The molecule has 0 radical (unpaired) electrons. The molecule has 6 nitrogen and oxygen atoms in total. The van der Waals surface area contributed by atoms with Crippen molar-refractivity contribution in [3.05, 3.63) is 42.5 Å². The highest BCUT2D eigenvalue weighted by Gasteiger charge is 2.17. The molecule has 0 unspecified atom stereocenters. The molecule has 0 aliphatic heterocycles. The first-order chi connectivity index (χ1) is 8.79. The van der Waals surface area contributed by atoms with E-state index in [4.69, 9.17) is 0 Å². The van der Waals surface area contributed by atoms with Crippen molar-refractivity contribution in [2.45, 2.75) is 31.1 Å². The molecule has 0 saturated heterocycles. The molecule has 0 amide bonds. The summed E-state index contributed by atoms with van der Waals surface area (Å²) in [5.41, 5.74) is 1.07. The Balaban J connectivity index is 2.27. The number of benzene rings is 1. The van der Waals surface area contributed by atoms with E-state index in [0.717, 1.165) is 5.56 Å². The van der Waals surface area contributed by atoms with Crippen LogP contribution < -0.4 is 4.83 Å². The van der Waals surface area contributed by atoms with Gasteiger partial charge in [0.2, 0.25) is 0 Å². The Hall–Kier alpha value is -1.89. The van der Waals surface area contributed by atoms with Crippen LogP contribution in [-0.4, -0.2) is 23.3 Å². The lowest BCUT2D eigenvalue weighted by Gasteiger charge is -2.19. The molecule has 0 aliphatic rings. The second-order valence-electron chi connectivity index (χ2n) is 5.24. The maximum absolute atomic E-state index is 12.1.